The zero-order valence-corrected chi connectivity index (χ0v) is 18.3. The number of likely N-dealkylation sites (tertiary alicyclic amines) is 1. The van der Waals surface area contributed by atoms with Crippen LogP contribution in [-0.4, -0.2) is 49.8 Å². The Morgan fingerprint density at radius 2 is 1.77 bits per heavy atom. The number of pyridine rings is 1. The Labute approximate surface area is 184 Å². The molecule has 0 unspecified atom stereocenters. The van der Waals surface area contributed by atoms with Crippen molar-refractivity contribution in [3.05, 3.63) is 72.6 Å². The maximum Gasteiger partial charge on any atom is 0.126 e. The third kappa shape index (κ3) is 5.56. The van der Waals surface area contributed by atoms with Crippen LogP contribution in [0.2, 0.25) is 0 Å². The van der Waals surface area contributed by atoms with E-state index in [1.807, 2.05) is 42.6 Å². The van der Waals surface area contributed by atoms with Gasteiger partial charge in [-0.05, 0) is 60.9 Å². The number of benzene rings is 2. The van der Waals surface area contributed by atoms with E-state index in [2.05, 4.69) is 34.1 Å². The van der Waals surface area contributed by atoms with E-state index >= 15 is 0 Å². The van der Waals surface area contributed by atoms with Gasteiger partial charge in [0.1, 0.15) is 23.4 Å². The van der Waals surface area contributed by atoms with E-state index in [9.17, 15) is 0 Å². The SMILES string of the molecule is COc1ccc(OC)c(-c2cccc(OC3CCN(CCc4ccccn4)CC3)c2)c1. The van der Waals surface area contributed by atoms with Gasteiger partial charge in [-0.3, -0.25) is 4.98 Å². The quantitative estimate of drug-likeness (QED) is 0.523. The van der Waals surface area contributed by atoms with Crippen LogP contribution in [0.15, 0.2) is 66.9 Å². The number of ether oxygens (including phenoxy) is 3. The second-order valence-corrected chi connectivity index (χ2v) is 7.82. The van der Waals surface area contributed by atoms with Crippen LogP contribution in [0, 0.1) is 0 Å². The molecule has 0 bridgehead atoms. The predicted octanol–water partition coefficient (Wildman–Crippen LogP) is 4.85. The van der Waals surface area contributed by atoms with Gasteiger partial charge in [-0.1, -0.05) is 18.2 Å². The molecule has 0 saturated carbocycles. The van der Waals surface area contributed by atoms with Crippen LogP contribution < -0.4 is 14.2 Å². The minimum absolute atomic E-state index is 0.244. The van der Waals surface area contributed by atoms with Gasteiger partial charge in [-0.15, -0.1) is 0 Å². The Morgan fingerprint density at radius 3 is 2.52 bits per heavy atom. The fourth-order valence-electron chi connectivity index (χ4n) is 4.04. The first-order chi connectivity index (χ1) is 15.2. The fourth-order valence-corrected chi connectivity index (χ4v) is 4.04. The van der Waals surface area contributed by atoms with Crippen LogP contribution in [0.25, 0.3) is 11.1 Å². The van der Waals surface area contributed by atoms with E-state index in [-0.39, 0.29) is 6.10 Å². The van der Waals surface area contributed by atoms with E-state index in [0.717, 1.165) is 73.0 Å². The number of hydrogen-bond donors (Lipinski definition) is 0. The van der Waals surface area contributed by atoms with Crippen molar-refractivity contribution in [3.8, 4) is 28.4 Å². The molecule has 2 aromatic carbocycles. The predicted molar refractivity (Wildman–Crippen MR) is 123 cm³/mol. The number of piperidine rings is 1. The van der Waals surface area contributed by atoms with Gasteiger partial charge < -0.3 is 19.1 Å². The molecule has 5 heteroatoms. The lowest BCUT2D eigenvalue weighted by Crippen LogP contribution is -2.39. The topological polar surface area (TPSA) is 43.8 Å². The van der Waals surface area contributed by atoms with Gasteiger partial charge in [0, 0.05) is 43.5 Å². The third-order valence-electron chi connectivity index (χ3n) is 5.80. The molecule has 1 saturated heterocycles. The van der Waals surface area contributed by atoms with Gasteiger partial charge in [0.2, 0.25) is 0 Å². The van der Waals surface area contributed by atoms with Crippen LogP contribution in [-0.2, 0) is 6.42 Å². The van der Waals surface area contributed by atoms with Gasteiger partial charge in [-0.25, -0.2) is 0 Å². The Bertz CT molecular complexity index is 969. The summed E-state index contributed by atoms with van der Waals surface area (Å²) in [5, 5.41) is 0. The van der Waals surface area contributed by atoms with E-state index in [0.29, 0.717) is 0 Å². The summed E-state index contributed by atoms with van der Waals surface area (Å²) in [6.45, 7) is 3.16. The summed E-state index contributed by atoms with van der Waals surface area (Å²) in [7, 11) is 3.36. The van der Waals surface area contributed by atoms with Crippen LogP contribution >= 0.6 is 0 Å². The van der Waals surface area contributed by atoms with Crippen LogP contribution in [0.3, 0.4) is 0 Å². The lowest BCUT2D eigenvalue weighted by atomic mass is 10.0. The molecule has 1 fully saturated rings. The van der Waals surface area contributed by atoms with Crippen molar-refractivity contribution >= 4 is 0 Å². The number of aromatic nitrogens is 1. The maximum absolute atomic E-state index is 6.35. The van der Waals surface area contributed by atoms with Crippen molar-refractivity contribution in [2.45, 2.75) is 25.4 Å². The normalized spacial score (nSPS) is 14.9. The second kappa shape index (κ2) is 10.3. The van der Waals surface area contributed by atoms with E-state index in [1.165, 1.54) is 0 Å². The largest absolute Gasteiger partial charge is 0.497 e. The molecule has 0 amide bonds. The minimum Gasteiger partial charge on any atom is -0.497 e. The monoisotopic (exact) mass is 418 g/mol. The first-order valence-corrected chi connectivity index (χ1v) is 10.9. The van der Waals surface area contributed by atoms with Gasteiger partial charge in [0.25, 0.3) is 0 Å². The molecule has 0 aliphatic carbocycles. The zero-order valence-electron chi connectivity index (χ0n) is 18.3. The second-order valence-electron chi connectivity index (χ2n) is 7.82. The standard InChI is InChI=1S/C26H30N2O3/c1-29-23-9-10-26(30-2)25(19-23)20-6-5-8-24(18-20)31-22-12-16-28(17-13-22)15-11-21-7-3-4-14-27-21/h3-10,14,18-19,22H,11-13,15-17H2,1-2H3. The number of hydrogen-bond acceptors (Lipinski definition) is 5. The molecular formula is C26H30N2O3. The summed E-state index contributed by atoms with van der Waals surface area (Å²) < 4.78 is 17.3. The molecule has 0 atom stereocenters. The average Bonchev–Trinajstić information content (AvgIpc) is 2.84. The average molecular weight is 419 g/mol. The molecule has 0 N–H and O–H groups in total. The molecule has 4 rings (SSSR count). The molecule has 0 spiro atoms. The summed E-state index contributed by atoms with van der Waals surface area (Å²) in [5.74, 6) is 2.52. The summed E-state index contributed by atoms with van der Waals surface area (Å²) in [6, 6.07) is 20.2. The molecule has 2 heterocycles. The molecule has 1 aliphatic rings. The highest BCUT2D eigenvalue weighted by Crippen LogP contribution is 2.35. The maximum atomic E-state index is 6.35. The van der Waals surface area contributed by atoms with Gasteiger partial charge >= 0.3 is 0 Å². The third-order valence-corrected chi connectivity index (χ3v) is 5.80. The molecule has 5 nitrogen and oxygen atoms in total. The molecule has 3 aromatic rings. The van der Waals surface area contributed by atoms with Crippen LogP contribution in [0.4, 0.5) is 0 Å². The fraction of sp³-hybridized carbons (Fsp3) is 0.346. The minimum atomic E-state index is 0.244. The van der Waals surface area contributed by atoms with Crippen LogP contribution in [0.1, 0.15) is 18.5 Å². The van der Waals surface area contributed by atoms with Gasteiger partial charge in [-0.2, -0.15) is 0 Å². The highest BCUT2D eigenvalue weighted by Gasteiger charge is 2.20. The highest BCUT2D eigenvalue weighted by atomic mass is 16.5. The van der Waals surface area contributed by atoms with Crippen molar-refractivity contribution in [2.75, 3.05) is 33.9 Å². The smallest absolute Gasteiger partial charge is 0.126 e. The van der Waals surface area contributed by atoms with E-state index in [1.54, 1.807) is 14.2 Å². The van der Waals surface area contributed by atoms with E-state index in [4.69, 9.17) is 14.2 Å². The first-order valence-electron chi connectivity index (χ1n) is 10.9. The van der Waals surface area contributed by atoms with Crippen LogP contribution in [0.5, 0.6) is 17.2 Å². The molecule has 0 radical (unpaired) electrons. The molecule has 31 heavy (non-hydrogen) atoms. The van der Waals surface area contributed by atoms with Gasteiger partial charge in [0.05, 0.1) is 14.2 Å². The summed E-state index contributed by atoms with van der Waals surface area (Å²) in [6.07, 6.45) is 5.18. The molecule has 162 valence electrons. The number of nitrogens with zero attached hydrogens (tertiary/aromatic N) is 2. The van der Waals surface area contributed by atoms with Gasteiger partial charge in [0.15, 0.2) is 0 Å². The Kier molecular flexibility index (Phi) is 7.05. The van der Waals surface area contributed by atoms with Crippen molar-refractivity contribution in [1.29, 1.82) is 0 Å². The summed E-state index contributed by atoms with van der Waals surface area (Å²) >= 11 is 0. The van der Waals surface area contributed by atoms with Crippen molar-refractivity contribution < 1.29 is 14.2 Å². The highest BCUT2D eigenvalue weighted by molar-refractivity contribution is 5.73. The Balaban J connectivity index is 1.35. The van der Waals surface area contributed by atoms with Crippen molar-refractivity contribution in [1.82, 2.24) is 9.88 Å². The molecule has 1 aromatic heterocycles. The summed E-state index contributed by atoms with van der Waals surface area (Å²) in [5.41, 5.74) is 3.21. The summed E-state index contributed by atoms with van der Waals surface area (Å²) in [4.78, 5) is 6.93. The zero-order chi connectivity index (χ0) is 21.5. The lowest BCUT2D eigenvalue weighted by Gasteiger charge is -2.32. The van der Waals surface area contributed by atoms with Crippen molar-refractivity contribution in [2.24, 2.45) is 0 Å². The Morgan fingerprint density at radius 1 is 0.903 bits per heavy atom. The Hall–Kier alpha value is -3.05. The van der Waals surface area contributed by atoms with E-state index < -0.39 is 0 Å². The first kappa shape index (κ1) is 21.2. The lowest BCUT2D eigenvalue weighted by molar-refractivity contribution is 0.101. The molecular weight excluding hydrogens is 388 g/mol. The molecule has 1 aliphatic heterocycles. The number of rotatable bonds is 8. The number of methoxy groups -OCH3 is 2. The van der Waals surface area contributed by atoms with Crippen molar-refractivity contribution in [3.63, 3.8) is 0 Å².